The topological polar surface area (TPSA) is 72.5 Å². The predicted molar refractivity (Wildman–Crippen MR) is 73.1 cm³/mol. The van der Waals surface area contributed by atoms with Gasteiger partial charge in [0.25, 0.3) is 0 Å². The number of rotatable bonds is 1. The van der Waals surface area contributed by atoms with E-state index in [4.69, 9.17) is 0 Å². The Labute approximate surface area is 112 Å². The van der Waals surface area contributed by atoms with Crippen LogP contribution in [0.5, 0.6) is 0 Å². The molecule has 0 unspecified atom stereocenters. The molecule has 1 aromatic rings. The number of anilines is 1. The zero-order valence-corrected chi connectivity index (χ0v) is 11.3. The highest BCUT2D eigenvalue weighted by Crippen LogP contribution is 2.27. The molecule has 1 aromatic carbocycles. The summed E-state index contributed by atoms with van der Waals surface area (Å²) >= 11 is 0. The first-order valence-electron chi connectivity index (χ1n) is 5.76. The van der Waals surface area contributed by atoms with Gasteiger partial charge < -0.3 is 10.1 Å². The van der Waals surface area contributed by atoms with Crippen LogP contribution in [0.1, 0.15) is 41.5 Å². The Hall–Kier alpha value is -2.43. The number of fused-ring (bicyclic) bond motifs is 1. The van der Waals surface area contributed by atoms with Crippen LogP contribution in [0.3, 0.4) is 0 Å². The Morgan fingerprint density at radius 3 is 2.26 bits per heavy atom. The SMILES string of the molecule is C=C.CC.CC(=O)Nc1cccc2c1C(=O)OC2=O. The number of amides is 1. The first kappa shape index (κ1) is 16.6. The van der Waals surface area contributed by atoms with Crippen molar-refractivity contribution >= 4 is 23.5 Å². The molecule has 0 aromatic heterocycles. The Bertz CT molecular complexity index is 494. The van der Waals surface area contributed by atoms with Gasteiger partial charge in [0.2, 0.25) is 5.91 Å². The van der Waals surface area contributed by atoms with Gasteiger partial charge in [-0.25, -0.2) is 9.59 Å². The van der Waals surface area contributed by atoms with Gasteiger partial charge in [-0.15, -0.1) is 13.2 Å². The van der Waals surface area contributed by atoms with Crippen molar-refractivity contribution < 1.29 is 19.1 Å². The van der Waals surface area contributed by atoms with E-state index in [-0.39, 0.29) is 17.0 Å². The van der Waals surface area contributed by atoms with Gasteiger partial charge in [-0.1, -0.05) is 19.9 Å². The molecule has 0 spiro atoms. The van der Waals surface area contributed by atoms with Crippen molar-refractivity contribution in [3.05, 3.63) is 42.5 Å². The molecule has 0 fully saturated rings. The first-order chi connectivity index (χ1) is 9.09. The highest BCUT2D eigenvalue weighted by Gasteiger charge is 2.32. The number of carbonyl (C=O) groups is 3. The van der Waals surface area contributed by atoms with E-state index in [0.29, 0.717) is 5.69 Å². The van der Waals surface area contributed by atoms with Crippen LogP contribution in [0.15, 0.2) is 31.4 Å². The summed E-state index contributed by atoms with van der Waals surface area (Å²) in [7, 11) is 0. The Morgan fingerprint density at radius 1 is 1.16 bits per heavy atom. The van der Waals surface area contributed by atoms with Gasteiger partial charge in [0.05, 0.1) is 16.8 Å². The third-order valence-corrected chi connectivity index (χ3v) is 1.98. The minimum atomic E-state index is -0.723. The van der Waals surface area contributed by atoms with Crippen LogP contribution in [0.4, 0.5) is 5.69 Å². The summed E-state index contributed by atoms with van der Waals surface area (Å²) in [6.45, 7) is 11.3. The standard InChI is InChI=1S/C10H7NO4.C2H6.C2H4/c1-5(12)11-7-4-2-3-6-8(7)10(14)15-9(6)13;2*1-2/h2-4H,1H3,(H,11,12);1-2H3;1-2H2. The summed E-state index contributed by atoms with van der Waals surface area (Å²) in [4.78, 5) is 33.3. The average Bonchev–Trinajstić information content (AvgIpc) is 2.70. The molecule has 1 heterocycles. The van der Waals surface area contributed by atoms with E-state index in [1.165, 1.54) is 13.0 Å². The van der Waals surface area contributed by atoms with E-state index < -0.39 is 11.9 Å². The van der Waals surface area contributed by atoms with Gasteiger partial charge in [-0.3, -0.25) is 4.79 Å². The molecular weight excluding hydrogens is 246 g/mol. The third kappa shape index (κ3) is 3.77. The molecule has 0 atom stereocenters. The molecule has 0 saturated heterocycles. The lowest BCUT2D eigenvalue weighted by Crippen LogP contribution is -2.09. The zero-order valence-electron chi connectivity index (χ0n) is 11.3. The molecule has 0 saturated carbocycles. The van der Waals surface area contributed by atoms with Gasteiger partial charge in [0, 0.05) is 6.92 Å². The summed E-state index contributed by atoms with van der Waals surface area (Å²) < 4.78 is 4.42. The number of nitrogens with one attached hydrogen (secondary N) is 1. The second-order valence-corrected chi connectivity index (χ2v) is 3.09. The van der Waals surface area contributed by atoms with E-state index in [1.54, 1.807) is 12.1 Å². The molecular formula is C14H17NO4. The summed E-state index contributed by atoms with van der Waals surface area (Å²) in [6.07, 6.45) is 0. The van der Waals surface area contributed by atoms with Crippen LogP contribution in [-0.4, -0.2) is 17.8 Å². The molecule has 2 rings (SSSR count). The van der Waals surface area contributed by atoms with Crippen molar-refractivity contribution in [2.24, 2.45) is 0 Å². The Morgan fingerprint density at radius 2 is 1.74 bits per heavy atom. The summed E-state index contributed by atoms with van der Waals surface area (Å²) in [5, 5.41) is 2.46. The summed E-state index contributed by atoms with van der Waals surface area (Å²) in [6, 6.07) is 4.60. The van der Waals surface area contributed by atoms with Gasteiger partial charge in [0.1, 0.15) is 0 Å². The monoisotopic (exact) mass is 263 g/mol. The van der Waals surface area contributed by atoms with E-state index in [2.05, 4.69) is 23.2 Å². The molecule has 19 heavy (non-hydrogen) atoms. The van der Waals surface area contributed by atoms with Crippen LogP contribution in [0.2, 0.25) is 0 Å². The molecule has 5 heteroatoms. The maximum absolute atomic E-state index is 11.3. The van der Waals surface area contributed by atoms with Gasteiger partial charge in [0.15, 0.2) is 0 Å². The molecule has 0 radical (unpaired) electrons. The quantitative estimate of drug-likeness (QED) is 0.480. The van der Waals surface area contributed by atoms with Crippen molar-refractivity contribution in [1.82, 2.24) is 0 Å². The molecule has 0 bridgehead atoms. The highest BCUT2D eigenvalue weighted by molar-refractivity contribution is 6.18. The maximum Gasteiger partial charge on any atom is 0.349 e. The average molecular weight is 263 g/mol. The van der Waals surface area contributed by atoms with Gasteiger partial charge in [-0.2, -0.15) is 0 Å². The van der Waals surface area contributed by atoms with E-state index in [1.807, 2.05) is 13.8 Å². The van der Waals surface area contributed by atoms with Crippen molar-refractivity contribution in [1.29, 1.82) is 0 Å². The molecule has 1 aliphatic heterocycles. The van der Waals surface area contributed by atoms with E-state index in [9.17, 15) is 14.4 Å². The van der Waals surface area contributed by atoms with Gasteiger partial charge in [-0.05, 0) is 12.1 Å². The summed E-state index contributed by atoms with van der Waals surface area (Å²) in [5.74, 6) is -1.71. The fourth-order valence-corrected chi connectivity index (χ4v) is 1.43. The van der Waals surface area contributed by atoms with Crippen LogP contribution in [0.25, 0.3) is 0 Å². The number of benzene rings is 1. The first-order valence-corrected chi connectivity index (χ1v) is 5.76. The lowest BCUT2D eigenvalue weighted by molar-refractivity contribution is -0.114. The summed E-state index contributed by atoms with van der Waals surface area (Å²) in [5.41, 5.74) is 0.611. The number of esters is 2. The number of ether oxygens (including phenoxy) is 1. The van der Waals surface area contributed by atoms with Crippen molar-refractivity contribution in [2.75, 3.05) is 5.32 Å². The lowest BCUT2D eigenvalue weighted by Gasteiger charge is -2.03. The molecule has 1 amide bonds. The van der Waals surface area contributed by atoms with Crippen molar-refractivity contribution in [3.63, 3.8) is 0 Å². The molecule has 1 aliphatic rings. The number of hydrogen-bond donors (Lipinski definition) is 1. The molecule has 0 aliphatic carbocycles. The van der Waals surface area contributed by atoms with Crippen LogP contribution in [-0.2, 0) is 9.53 Å². The second kappa shape index (κ2) is 7.81. The minimum absolute atomic E-state index is 0.123. The third-order valence-electron chi connectivity index (χ3n) is 1.98. The smallest absolute Gasteiger partial charge is 0.349 e. The van der Waals surface area contributed by atoms with Crippen molar-refractivity contribution in [3.8, 4) is 0 Å². The van der Waals surface area contributed by atoms with E-state index in [0.717, 1.165) is 0 Å². The zero-order chi connectivity index (χ0) is 15.0. The van der Waals surface area contributed by atoms with Gasteiger partial charge >= 0.3 is 11.9 Å². The Balaban J connectivity index is 0.000000741. The maximum atomic E-state index is 11.3. The van der Waals surface area contributed by atoms with Crippen LogP contribution in [0, 0.1) is 0 Å². The van der Waals surface area contributed by atoms with E-state index >= 15 is 0 Å². The van der Waals surface area contributed by atoms with Crippen molar-refractivity contribution in [2.45, 2.75) is 20.8 Å². The van der Waals surface area contributed by atoms with Crippen LogP contribution < -0.4 is 5.32 Å². The Kier molecular flexibility index (Phi) is 6.81. The number of cyclic esters (lactones) is 2. The number of hydrogen-bond acceptors (Lipinski definition) is 4. The molecule has 5 nitrogen and oxygen atoms in total. The lowest BCUT2D eigenvalue weighted by atomic mass is 10.1. The largest absolute Gasteiger partial charge is 0.386 e. The molecule has 1 N–H and O–H groups in total. The fraction of sp³-hybridized carbons (Fsp3) is 0.214. The fourth-order valence-electron chi connectivity index (χ4n) is 1.43. The second-order valence-electron chi connectivity index (χ2n) is 3.09. The highest BCUT2D eigenvalue weighted by atomic mass is 16.6. The van der Waals surface area contributed by atoms with Crippen LogP contribution >= 0.6 is 0 Å². The normalized spacial score (nSPS) is 11.1. The molecule has 102 valence electrons. The minimum Gasteiger partial charge on any atom is -0.386 e. The predicted octanol–water partition coefficient (Wildman–Crippen LogP) is 2.78. The number of carbonyl (C=O) groups excluding carboxylic acids is 3.